The van der Waals surface area contributed by atoms with Crippen LogP contribution in [-0.4, -0.2) is 34.1 Å². The summed E-state index contributed by atoms with van der Waals surface area (Å²) in [6.07, 6.45) is 17.3. The fourth-order valence-electron chi connectivity index (χ4n) is 3.10. The van der Waals surface area contributed by atoms with E-state index in [1.807, 2.05) is 12.2 Å². The summed E-state index contributed by atoms with van der Waals surface area (Å²) in [7, 11) is 0. The Morgan fingerprint density at radius 2 is 2.04 bits per heavy atom. The second-order valence-electron chi connectivity index (χ2n) is 7.00. The first-order valence-electron chi connectivity index (χ1n) is 9.59. The second kappa shape index (κ2) is 12.5. The van der Waals surface area contributed by atoms with Gasteiger partial charge in [-0.1, -0.05) is 62.6 Å². The standard InChI is InChI=1S/C21H36O3/c1-3-4-10-17(2)20(23)15-13-19-18(12-14-21(19)24)11-8-6-5-7-9-16-22/h6,8,12-13,15,17,19-24H,3-5,7,9-11,14,16H2,1-2H3/b8-6-,15-13+/t17?,19-,20?,21-/m1/s1. The average molecular weight is 337 g/mol. The number of hydrogen-bond donors (Lipinski definition) is 3. The van der Waals surface area contributed by atoms with Crippen molar-refractivity contribution in [3.05, 3.63) is 36.0 Å². The van der Waals surface area contributed by atoms with Crippen LogP contribution in [0.5, 0.6) is 0 Å². The summed E-state index contributed by atoms with van der Waals surface area (Å²) in [5.74, 6) is 0.290. The van der Waals surface area contributed by atoms with Crippen molar-refractivity contribution in [2.45, 2.75) is 77.4 Å². The Morgan fingerprint density at radius 1 is 1.25 bits per heavy atom. The summed E-state index contributed by atoms with van der Waals surface area (Å²) in [6, 6.07) is 0. The van der Waals surface area contributed by atoms with E-state index in [9.17, 15) is 10.2 Å². The van der Waals surface area contributed by atoms with E-state index >= 15 is 0 Å². The fourth-order valence-corrected chi connectivity index (χ4v) is 3.10. The topological polar surface area (TPSA) is 60.7 Å². The molecule has 1 aliphatic carbocycles. The van der Waals surface area contributed by atoms with Gasteiger partial charge in [-0.3, -0.25) is 0 Å². The zero-order valence-electron chi connectivity index (χ0n) is 15.4. The molecule has 0 spiro atoms. The van der Waals surface area contributed by atoms with Gasteiger partial charge in [0.1, 0.15) is 0 Å². The molecule has 0 bridgehead atoms. The predicted octanol–water partition coefficient (Wildman–Crippen LogP) is 4.15. The third-order valence-corrected chi connectivity index (χ3v) is 4.88. The highest BCUT2D eigenvalue weighted by Gasteiger charge is 2.25. The highest BCUT2D eigenvalue weighted by Crippen LogP contribution is 2.30. The molecular weight excluding hydrogens is 300 g/mol. The molecule has 0 aromatic heterocycles. The van der Waals surface area contributed by atoms with Crippen molar-refractivity contribution in [2.24, 2.45) is 11.8 Å². The van der Waals surface area contributed by atoms with E-state index in [0.29, 0.717) is 6.42 Å². The molecule has 0 saturated carbocycles. The van der Waals surface area contributed by atoms with E-state index in [0.717, 1.165) is 44.9 Å². The summed E-state index contributed by atoms with van der Waals surface area (Å²) in [5.41, 5.74) is 1.24. The van der Waals surface area contributed by atoms with Crippen LogP contribution in [0, 0.1) is 11.8 Å². The van der Waals surface area contributed by atoms with Crippen molar-refractivity contribution >= 4 is 0 Å². The van der Waals surface area contributed by atoms with Gasteiger partial charge in [0, 0.05) is 12.5 Å². The van der Waals surface area contributed by atoms with Crippen LogP contribution in [0.4, 0.5) is 0 Å². The summed E-state index contributed by atoms with van der Waals surface area (Å²) in [5, 5.41) is 29.2. The lowest BCUT2D eigenvalue weighted by molar-refractivity contribution is 0.147. The number of hydrogen-bond acceptors (Lipinski definition) is 3. The lowest BCUT2D eigenvalue weighted by Crippen LogP contribution is -2.18. The smallest absolute Gasteiger partial charge is 0.0746 e. The van der Waals surface area contributed by atoms with E-state index in [4.69, 9.17) is 5.11 Å². The molecule has 3 N–H and O–H groups in total. The van der Waals surface area contributed by atoms with Crippen molar-refractivity contribution in [3.8, 4) is 0 Å². The zero-order chi connectivity index (χ0) is 17.8. The van der Waals surface area contributed by atoms with Crippen molar-refractivity contribution in [1.82, 2.24) is 0 Å². The Hall–Kier alpha value is -0.900. The molecule has 0 aliphatic heterocycles. The Kier molecular flexibility index (Phi) is 11.0. The van der Waals surface area contributed by atoms with Crippen LogP contribution in [0.25, 0.3) is 0 Å². The number of rotatable bonds is 12. The van der Waals surface area contributed by atoms with E-state index in [1.165, 1.54) is 5.57 Å². The zero-order valence-corrected chi connectivity index (χ0v) is 15.4. The van der Waals surface area contributed by atoms with Gasteiger partial charge in [-0.15, -0.1) is 0 Å². The minimum atomic E-state index is -0.431. The van der Waals surface area contributed by atoms with Crippen LogP contribution in [0.2, 0.25) is 0 Å². The Balaban J connectivity index is 2.46. The van der Waals surface area contributed by atoms with E-state index in [1.54, 1.807) is 0 Å². The van der Waals surface area contributed by atoms with Gasteiger partial charge in [0.15, 0.2) is 0 Å². The molecule has 0 aromatic rings. The van der Waals surface area contributed by atoms with E-state index in [-0.39, 0.29) is 24.5 Å². The van der Waals surface area contributed by atoms with Crippen molar-refractivity contribution < 1.29 is 15.3 Å². The molecule has 3 nitrogen and oxygen atoms in total. The highest BCUT2D eigenvalue weighted by atomic mass is 16.3. The SMILES string of the molecule is CCCCC(C)C(O)/C=C/[C@@H]1C(C/C=C\CCCCO)=CC[C@H]1O. The molecule has 2 unspecified atom stereocenters. The van der Waals surface area contributed by atoms with Gasteiger partial charge in [-0.25, -0.2) is 0 Å². The first-order chi connectivity index (χ1) is 11.6. The van der Waals surface area contributed by atoms with Gasteiger partial charge < -0.3 is 15.3 Å². The summed E-state index contributed by atoms with van der Waals surface area (Å²) in [4.78, 5) is 0. The molecule has 0 heterocycles. The minimum Gasteiger partial charge on any atom is -0.396 e. The quantitative estimate of drug-likeness (QED) is 0.371. The van der Waals surface area contributed by atoms with Crippen LogP contribution >= 0.6 is 0 Å². The van der Waals surface area contributed by atoms with Crippen LogP contribution in [0.1, 0.15) is 65.2 Å². The van der Waals surface area contributed by atoms with Gasteiger partial charge in [0.05, 0.1) is 12.2 Å². The number of aliphatic hydroxyl groups is 3. The maximum atomic E-state index is 10.3. The Morgan fingerprint density at radius 3 is 2.75 bits per heavy atom. The molecular formula is C21H36O3. The predicted molar refractivity (Wildman–Crippen MR) is 101 cm³/mol. The molecule has 0 radical (unpaired) electrons. The highest BCUT2D eigenvalue weighted by molar-refractivity contribution is 5.24. The summed E-state index contributed by atoms with van der Waals surface area (Å²) in [6.45, 7) is 4.51. The first kappa shape index (κ1) is 21.1. The number of unbranched alkanes of at least 4 members (excludes halogenated alkanes) is 3. The van der Waals surface area contributed by atoms with Crippen LogP contribution in [0.3, 0.4) is 0 Å². The fraction of sp³-hybridized carbons (Fsp3) is 0.714. The molecule has 3 heteroatoms. The van der Waals surface area contributed by atoms with Gasteiger partial charge in [0.2, 0.25) is 0 Å². The third kappa shape index (κ3) is 7.78. The van der Waals surface area contributed by atoms with Crippen molar-refractivity contribution in [3.63, 3.8) is 0 Å². The average Bonchev–Trinajstić information content (AvgIpc) is 2.93. The van der Waals surface area contributed by atoms with Crippen LogP contribution in [-0.2, 0) is 0 Å². The molecule has 138 valence electrons. The van der Waals surface area contributed by atoms with Crippen molar-refractivity contribution in [1.29, 1.82) is 0 Å². The first-order valence-corrected chi connectivity index (χ1v) is 9.59. The molecule has 1 aliphatic rings. The monoisotopic (exact) mass is 336 g/mol. The summed E-state index contributed by atoms with van der Waals surface area (Å²) >= 11 is 0. The van der Waals surface area contributed by atoms with Crippen LogP contribution < -0.4 is 0 Å². The lowest BCUT2D eigenvalue weighted by atomic mass is 9.92. The molecule has 24 heavy (non-hydrogen) atoms. The molecule has 1 rings (SSSR count). The van der Waals surface area contributed by atoms with Gasteiger partial charge in [-0.05, 0) is 44.4 Å². The van der Waals surface area contributed by atoms with Gasteiger partial charge in [0.25, 0.3) is 0 Å². The minimum absolute atomic E-state index is 0.0279. The second-order valence-corrected chi connectivity index (χ2v) is 7.00. The maximum absolute atomic E-state index is 10.3. The molecule has 0 aromatic carbocycles. The molecule has 0 amide bonds. The third-order valence-electron chi connectivity index (χ3n) is 4.88. The van der Waals surface area contributed by atoms with Gasteiger partial charge >= 0.3 is 0 Å². The molecule has 0 fully saturated rings. The number of allylic oxidation sites excluding steroid dienone is 2. The Bertz CT molecular complexity index is 411. The Labute approximate surface area is 147 Å². The van der Waals surface area contributed by atoms with Gasteiger partial charge in [-0.2, -0.15) is 0 Å². The van der Waals surface area contributed by atoms with E-state index < -0.39 is 6.10 Å². The number of aliphatic hydroxyl groups excluding tert-OH is 3. The summed E-state index contributed by atoms with van der Waals surface area (Å²) < 4.78 is 0. The van der Waals surface area contributed by atoms with E-state index in [2.05, 4.69) is 32.1 Å². The largest absolute Gasteiger partial charge is 0.396 e. The molecule has 4 atom stereocenters. The molecule has 0 saturated heterocycles. The maximum Gasteiger partial charge on any atom is 0.0746 e. The van der Waals surface area contributed by atoms with Crippen LogP contribution in [0.15, 0.2) is 36.0 Å². The normalized spacial score (nSPS) is 24.0. The lowest BCUT2D eigenvalue weighted by Gasteiger charge is -2.18. The van der Waals surface area contributed by atoms with Crippen molar-refractivity contribution in [2.75, 3.05) is 6.61 Å².